The number of Topliss-reactive ketones (excluding diaryl/α,β-unsaturated/α-hetero) is 2. The van der Waals surface area contributed by atoms with E-state index in [2.05, 4.69) is 10.6 Å². The van der Waals surface area contributed by atoms with Gasteiger partial charge in [0.05, 0.1) is 24.4 Å². The first-order valence-corrected chi connectivity index (χ1v) is 9.58. The number of rotatable bonds is 10. The molecular formula is C22H27AlN2O7. The first kappa shape index (κ1) is 31.3. The predicted molar refractivity (Wildman–Crippen MR) is 120 cm³/mol. The van der Waals surface area contributed by atoms with E-state index in [4.69, 9.17) is 14.6 Å². The maximum atomic E-state index is 11.8. The summed E-state index contributed by atoms with van der Waals surface area (Å²) in [5.41, 5.74) is 0.244. The van der Waals surface area contributed by atoms with Crippen LogP contribution < -0.4 is 5.11 Å². The van der Waals surface area contributed by atoms with E-state index >= 15 is 0 Å². The zero-order valence-electron chi connectivity index (χ0n) is 18.9. The fourth-order valence-electron chi connectivity index (χ4n) is 1.94. The Morgan fingerprint density at radius 1 is 0.812 bits per heavy atom. The van der Waals surface area contributed by atoms with Gasteiger partial charge >= 0.3 is 29.3 Å². The molecule has 0 fully saturated rings. The first-order valence-electron chi connectivity index (χ1n) is 9.58. The Balaban J connectivity index is 0. The third kappa shape index (κ3) is 11.5. The monoisotopic (exact) mass is 458 g/mol. The average Bonchev–Trinajstić information content (AvgIpc) is 2.69. The molecule has 0 radical (unpaired) electrons. The molecule has 10 heteroatoms. The second kappa shape index (κ2) is 17.7. The third-order valence-corrected chi connectivity index (χ3v) is 3.30. The Hall–Kier alpha value is -2.93. The molecule has 0 saturated carbocycles. The topological polar surface area (TPSA) is 138 Å². The number of nitrogens with zero attached hydrogens (tertiary/aromatic N) is 2. The fourth-order valence-corrected chi connectivity index (χ4v) is 1.94. The van der Waals surface area contributed by atoms with Gasteiger partial charge in [0, 0.05) is 0 Å². The van der Waals surface area contributed by atoms with Crippen LogP contribution in [0.2, 0.25) is 0 Å². The van der Waals surface area contributed by atoms with Gasteiger partial charge in [-0.3, -0.25) is 9.59 Å². The summed E-state index contributed by atoms with van der Waals surface area (Å²) in [6, 6.07) is 6.57. The number of ketones is 2. The molecule has 1 rings (SSSR count). The summed E-state index contributed by atoms with van der Waals surface area (Å²) in [5, 5.41) is 17.2. The molecule has 1 aromatic carbocycles. The maximum Gasteiger partial charge on any atom is 3.00 e. The smallest absolute Gasteiger partial charge is 0.855 e. The Labute approximate surface area is 199 Å². The van der Waals surface area contributed by atoms with Crippen LogP contribution in [0.25, 0.3) is 10.6 Å². The molecule has 0 bridgehead atoms. The van der Waals surface area contributed by atoms with Gasteiger partial charge in [-0.25, -0.2) is 9.59 Å². The van der Waals surface area contributed by atoms with Gasteiger partial charge in [0.2, 0.25) is 0 Å². The summed E-state index contributed by atoms with van der Waals surface area (Å²) in [6.07, 6.45) is 2.21. The zero-order valence-corrected chi connectivity index (χ0v) is 20.1. The van der Waals surface area contributed by atoms with Crippen molar-refractivity contribution in [3.63, 3.8) is 0 Å². The zero-order chi connectivity index (χ0) is 23.8. The summed E-state index contributed by atoms with van der Waals surface area (Å²) < 4.78 is 9.66. The van der Waals surface area contributed by atoms with Crippen LogP contribution in [-0.4, -0.2) is 60.7 Å². The van der Waals surface area contributed by atoms with Crippen LogP contribution in [0.5, 0.6) is 0 Å². The Morgan fingerprint density at radius 2 is 1.12 bits per heavy atom. The van der Waals surface area contributed by atoms with Crippen molar-refractivity contribution in [3.05, 3.63) is 58.4 Å². The van der Waals surface area contributed by atoms with Crippen LogP contribution >= 0.6 is 0 Å². The second-order valence-electron chi connectivity index (χ2n) is 5.67. The summed E-state index contributed by atoms with van der Waals surface area (Å²) in [7, 11) is 0. The normalized spacial score (nSPS) is 10.6. The van der Waals surface area contributed by atoms with Crippen LogP contribution in [0.4, 0.5) is 11.4 Å². The number of benzene rings is 1. The van der Waals surface area contributed by atoms with Gasteiger partial charge in [-0.05, 0) is 27.7 Å². The Morgan fingerprint density at radius 3 is 1.38 bits per heavy atom. The Kier molecular flexibility index (Phi) is 17.3. The SMILES string of the molecule is CCOC(=O)/C(=C/[N-]c1ccccc1[N-]/C=C(\C(C)=O)C(=O)OCC)C(C)=O.CC[O-].[Al+3]. The number of hydrogen-bond acceptors (Lipinski definition) is 7. The molecule has 1 aromatic rings. The molecule has 0 aromatic heterocycles. The molecule has 0 heterocycles. The van der Waals surface area contributed by atoms with Crippen molar-refractivity contribution in [2.24, 2.45) is 0 Å². The van der Waals surface area contributed by atoms with Crippen LogP contribution in [0.3, 0.4) is 0 Å². The van der Waals surface area contributed by atoms with Crippen molar-refractivity contribution >= 4 is 52.2 Å². The van der Waals surface area contributed by atoms with Crippen LogP contribution in [0, 0.1) is 0 Å². The molecule has 0 unspecified atom stereocenters. The minimum atomic E-state index is -0.769. The van der Waals surface area contributed by atoms with Gasteiger partial charge in [0.15, 0.2) is 11.6 Å². The average molecular weight is 458 g/mol. The van der Waals surface area contributed by atoms with Crippen molar-refractivity contribution in [1.82, 2.24) is 0 Å². The molecule has 32 heavy (non-hydrogen) atoms. The maximum absolute atomic E-state index is 11.8. The van der Waals surface area contributed by atoms with Gasteiger partial charge in [0.25, 0.3) is 0 Å². The number of carbonyl (C=O) groups excluding carboxylic acids is 4. The van der Waals surface area contributed by atoms with Crippen molar-refractivity contribution in [1.29, 1.82) is 0 Å². The molecule has 0 saturated heterocycles. The van der Waals surface area contributed by atoms with Crippen LogP contribution in [-0.2, 0) is 28.7 Å². The van der Waals surface area contributed by atoms with E-state index in [1.54, 1.807) is 45.0 Å². The number of ether oxygens (including phenoxy) is 2. The van der Waals surface area contributed by atoms with E-state index in [0.29, 0.717) is 11.4 Å². The molecule has 0 spiro atoms. The molecule has 170 valence electrons. The van der Waals surface area contributed by atoms with E-state index in [0.717, 1.165) is 12.4 Å². The van der Waals surface area contributed by atoms with E-state index in [1.807, 2.05) is 0 Å². The van der Waals surface area contributed by atoms with Gasteiger partial charge in [-0.1, -0.05) is 31.2 Å². The van der Waals surface area contributed by atoms with Crippen molar-refractivity contribution in [3.8, 4) is 0 Å². The molecule has 9 nitrogen and oxygen atoms in total. The van der Waals surface area contributed by atoms with Gasteiger partial charge in [-0.15, -0.1) is 6.61 Å². The predicted octanol–water partition coefficient (Wildman–Crippen LogP) is 2.75. The minimum Gasteiger partial charge on any atom is -0.855 e. The largest absolute Gasteiger partial charge is 3.00 e. The fraction of sp³-hybridized carbons (Fsp3) is 0.364. The van der Waals surface area contributed by atoms with Crippen LogP contribution in [0.15, 0.2) is 47.8 Å². The number of para-hydroxylation sites is 2. The minimum absolute atomic E-state index is 0. The summed E-state index contributed by atoms with van der Waals surface area (Å²) >= 11 is 0. The second-order valence-corrected chi connectivity index (χ2v) is 5.67. The van der Waals surface area contributed by atoms with Crippen molar-refractivity contribution in [2.45, 2.75) is 34.6 Å². The molecule has 0 atom stereocenters. The summed E-state index contributed by atoms with van der Waals surface area (Å²) in [6.45, 7) is 7.54. The standard InChI is InChI=1S/C20H24N2O6.C2H5O.Al/c1-5-27-19(25)15(13(3)23)11-21-17-9-7-8-10-18(17)22-12-16(14(4)24)20(26)28-6-2;1-2-3;/h7-12H,5-6H2,1-4H3,(H2,21,22,23,24,25,26);2H2,1H3;/q;-1;+3/p-2. The molecule has 0 N–H and O–H groups in total. The quantitative estimate of drug-likeness (QED) is 0.173. The molecule has 0 amide bonds. The third-order valence-electron chi connectivity index (χ3n) is 3.30. The summed E-state index contributed by atoms with van der Waals surface area (Å²) in [4.78, 5) is 46.9. The number of carbonyl (C=O) groups is 4. The van der Waals surface area contributed by atoms with E-state index in [-0.39, 0.29) is 48.3 Å². The summed E-state index contributed by atoms with van der Waals surface area (Å²) in [5.74, 6) is -2.51. The molecule has 0 aliphatic carbocycles. The van der Waals surface area contributed by atoms with E-state index in [1.165, 1.54) is 13.8 Å². The van der Waals surface area contributed by atoms with Gasteiger partial charge in [-0.2, -0.15) is 23.8 Å². The van der Waals surface area contributed by atoms with Crippen molar-refractivity contribution in [2.75, 3.05) is 19.8 Å². The number of hydrogen-bond donors (Lipinski definition) is 0. The van der Waals surface area contributed by atoms with E-state index < -0.39 is 23.5 Å². The van der Waals surface area contributed by atoms with Gasteiger partial charge < -0.3 is 25.2 Å². The van der Waals surface area contributed by atoms with Gasteiger partial charge in [0.1, 0.15) is 0 Å². The first-order chi connectivity index (χ1) is 14.7. The molecular weight excluding hydrogens is 431 g/mol. The van der Waals surface area contributed by atoms with Crippen LogP contribution in [0.1, 0.15) is 34.6 Å². The molecule has 0 aliphatic heterocycles. The Bertz CT molecular complexity index is 768. The molecule has 0 aliphatic rings. The number of esters is 2. The van der Waals surface area contributed by atoms with E-state index in [9.17, 15) is 19.2 Å². The van der Waals surface area contributed by atoms with Crippen molar-refractivity contribution < 1.29 is 33.8 Å².